The lowest BCUT2D eigenvalue weighted by molar-refractivity contribution is -0.135. The SMILES string of the molecule is CC(=O)N1CCC(C(=O)N/N=c2\sc3ccccc3n2C)(c2ccccc2)CC1. The van der Waals surface area contributed by atoms with Gasteiger partial charge in [-0.1, -0.05) is 53.8 Å². The molecule has 7 heteroatoms. The molecule has 1 aromatic heterocycles. The molecule has 1 N–H and O–H groups in total. The molecule has 1 aliphatic heterocycles. The van der Waals surface area contributed by atoms with Gasteiger partial charge >= 0.3 is 0 Å². The summed E-state index contributed by atoms with van der Waals surface area (Å²) >= 11 is 1.54. The molecule has 3 aromatic rings. The number of thiazole rings is 1. The fourth-order valence-electron chi connectivity index (χ4n) is 4.00. The summed E-state index contributed by atoms with van der Waals surface area (Å²) in [4.78, 5) is 27.7. The van der Waals surface area contributed by atoms with E-state index in [1.54, 1.807) is 23.2 Å². The molecular weight excluding hydrogens is 384 g/mol. The minimum absolute atomic E-state index is 0.0501. The van der Waals surface area contributed by atoms with Gasteiger partial charge in [0.05, 0.1) is 15.6 Å². The fourth-order valence-corrected chi connectivity index (χ4v) is 4.98. The number of nitrogens with one attached hydrogen (secondary N) is 1. The lowest BCUT2D eigenvalue weighted by Crippen LogP contribution is -2.52. The average Bonchev–Trinajstić information content (AvgIpc) is 3.08. The standard InChI is InChI=1S/C22H24N4O2S/c1-16(27)26-14-12-22(13-15-26,17-8-4-3-5-9-17)20(28)23-24-21-25(2)18-10-6-7-11-19(18)29-21/h3-11H,12-15H2,1-2H3,(H,23,28)/b24-21-. The number of carbonyl (C=O) groups excluding carboxylic acids is 2. The van der Waals surface area contributed by atoms with Crippen LogP contribution in [-0.2, 0) is 22.1 Å². The monoisotopic (exact) mass is 408 g/mol. The summed E-state index contributed by atoms with van der Waals surface area (Å²) in [6.07, 6.45) is 1.16. The second-order valence-electron chi connectivity index (χ2n) is 7.42. The lowest BCUT2D eigenvalue weighted by atomic mass is 9.72. The maximum atomic E-state index is 13.4. The highest BCUT2D eigenvalue weighted by molar-refractivity contribution is 7.16. The van der Waals surface area contributed by atoms with Crippen molar-refractivity contribution in [2.75, 3.05) is 13.1 Å². The Balaban J connectivity index is 1.65. The first-order valence-corrected chi connectivity index (χ1v) is 10.5. The minimum Gasteiger partial charge on any atom is -0.343 e. The average molecular weight is 409 g/mol. The van der Waals surface area contributed by atoms with Crippen LogP contribution in [0.4, 0.5) is 0 Å². The molecule has 2 aromatic carbocycles. The van der Waals surface area contributed by atoms with E-state index in [-0.39, 0.29) is 11.8 Å². The van der Waals surface area contributed by atoms with Crippen molar-refractivity contribution in [3.05, 3.63) is 65.0 Å². The number of rotatable bonds is 3. The quantitative estimate of drug-likeness (QED) is 0.677. The van der Waals surface area contributed by atoms with Crippen LogP contribution >= 0.6 is 11.3 Å². The number of para-hydroxylation sites is 1. The van der Waals surface area contributed by atoms with Gasteiger partial charge in [-0.3, -0.25) is 9.59 Å². The molecule has 0 aliphatic carbocycles. The van der Waals surface area contributed by atoms with Crippen molar-refractivity contribution < 1.29 is 9.59 Å². The number of piperidine rings is 1. The summed E-state index contributed by atoms with van der Waals surface area (Å²) in [6.45, 7) is 2.70. The van der Waals surface area contributed by atoms with Crippen molar-refractivity contribution in [1.82, 2.24) is 14.9 Å². The van der Waals surface area contributed by atoms with Gasteiger partial charge in [0, 0.05) is 27.1 Å². The molecule has 0 spiro atoms. The molecule has 0 atom stereocenters. The van der Waals surface area contributed by atoms with Gasteiger partial charge in [-0.25, -0.2) is 5.43 Å². The number of likely N-dealkylation sites (tertiary alicyclic amines) is 1. The molecule has 2 heterocycles. The Morgan fingerprint density at radius 1 is 1.03 bits per heavy atom. The Kier molecular flexibility index (Phi) is 5.24. The van der Waals surface area contributed by atoms with Crippen LogP contribution in [0.15, 0.2) is 59.7 Å². The number of carbonyl (C=O) groups is 2. The van der Waals surface area contributed by atoms with E-state index in [4.69, 9.17) is 0 Å². The Bertz CT molecular complexity index is 1110. The molecule has 6 nitrogen and oxygen atoms in total. The molecule has 2 amide bonds. The van der Waals surface area contributed by atoms with E-state index in [0.717, 1.165) is 20.6 Å². The Hall–Kier alpha value is -2.93. The third kappa shape index (κ3) is 3.58. The van der Waals surface area contributed by atoms with Crippen LogP contribution in [0.3, 0.4) is 0 Å². The van der Waals surface area contributed by atoms with Crippen molar-refractivity contribution in [2.45, 2.75) is 25.2 Å². The molecule has 0 radical (unpaired) electrons. The third-order valence-corrected chi connectivity index (χ3v) is 6.90. The van der Waals surface area contributed by atoms with Gasteiger partial charge in [0.15, 0.2) is 0 Å². The van der Waals surface area contributed by atoms with Crippen molar-refractivity contribution in [3.63, 3.8) is 0 Å². The lowest BCUT2D eigenvalue weighted by Gasteiger charge is -2.40. The van der Waals surface area contributed by atoms with E-state index in [1.165, 1.54) is 0 Å². The first-order valence-electron chi connectivity index (χ1n) is 9.71. The van der Waals surface area contributed by atoms with Crippen LogP contribution in [-0.4, -0.2) is 34.4 Å². The van der Waals surface area contributed by atoms with E-state index in [0.29, 0.717) is 25.9 Å². The van der Waals surface area contributed by atoms with Crippen LogP contribution in [0.25, 0.3) is 10.2 Å². The molecular formula is C22H24N4O2S. The summed E-state index contributed by atoms with van der Waals surface area (Å²) in [7, 11) is 1.95. The predicted octanol–water partition coefficient (Wildman–Crippen LogP) is 2.75. The topological polar surface area (TPSA) is 66.7 Å². The Labute approximate surface area is 173 Å². The first kappa shape index (κ1) is 19.4. The van der Waals surface area contributed by atoms with Gasteiger partial charge in [0.2, 0.25) is 10.7 Å². The second-order valence-corrected chi connectivity index (χ2v) is 8.43. The minimum atomic E-state index is -0.689. The Morgan fingerprint density at radius 2 is 1.69 bits per heavy atom. The number of nitrogens with zero attached hydrogens (tertiary/aromatic N) is 3. The summed E-state index contributed by atoms with van der Waals surface area (Å²) < 4.78 is 3.10. The summed E-state index contributed by atoms with van der Waals surface area (Å²) in [5, 5.41) is 4.44. The van der Waals surface area contributed by atoms with Crippen LogP contribution in [0.2, 0.25) is 0 Å². The number of fused-ring (bicyclic) bond motifs is 1. The maximum absolute atomic E-state index is 13.4. The molecule has 0 unspecified atom stereocenters. The molecule has 1 saturated heterocycles. The van der Waals surface area contributed by atoms with Crippen LogP contribution in [0.5, 0.6) is 0 Å². The predicted molar refractivity (Wildman–Crippen MR) is 114 cm³/mol. The largest absolute Gasteiger partial charge is 0.343 e. The van der Waals surface area contributed by atoms with E-state index in [9.17, 15) is 9.59 Å². The number of hydrogen-bond acceptors (Lipinski definition) is 4. The maximum Gasteiger partial charge on any atom is 0.250 e. The third-order valence-electron chi connectivity index (χ3n) is 5.79. The van der Waals surface area contributed by atoms with Gasteiger partial charge in [-0.15, -0.1) is 5.10 Å². The zero-order valence-corrected chi connectivity index (χ0v) is 17.4. The molecule has 0 bridgehead atoms. The van der Waals surface area contributed by atoms with E-state index in [2.05, 4.69) is 10.5 Å². The summed E-state index contributed by atoms with van der Waals surface area (Å²) in [5.41, 5.74) is 4.19. The van der Waals surface area contributed by atoms with Gasteiger partial charge < -0.3 is 9.47 Å². The van der Waals surface area contributed by atoms with Crippen LogP contribution in [0, 0.1) is 0 Å². The number of benzene rings is 2. The number of aryl methyl sites for hydroxylation is 1. The molecule has 1 fully saturated rings. The summed E-state index contributed by atoms with van der Waals surface area (Å²) in [6, 6.07) is 17.9. The molecule has 4 rings (SSSR count). The number of hydrogen-bond donors (Lipinski definition) is 1. The fraction of sp³-hybridized carbons (Fsp3) is 0.318. The second kappa shape index (κ2) is 7.83. The van der Waals surface area contributed by atoms with E-state index >= 15 is 0 Å². The normalized spacial score (nSPS) is 16.8. The van der Waals surface area contributed by atoms with Crippen molar-refractivity contribution in [1.29, 1.82) is 0 Å². The smallest absolute Gasteiger partial charge is 0.250 e. The van der Waals surface area contributed by atoms with Crippen molar-refractivity contribution >= 4 is 33.4 Å². The van der Waals surface area contributed by atoms with E-state index in [1.807, 2.05) is 66.2 Å². The van der Waals surface area contributed by atoms with Crippen molar-refractivity contribution in [3.8, 4) is 0 Å². The van der Waals surface area contributed by atoms with Crippen LogP contribution in [0.1, 0.15) is 25.3 Å². The zero-order valence-electron chi connectivity index (χ0n) is 16.6. The Morgan fingerprint density at radius 3 is 2.34 bits per heavy atom. The highest BCUT2D eigenvalue weighted by Gasteiger charge is 2.43. The summed E-state index contributed by atoms with van der Waals surface area (Å²) in [5.74, 6) is -0.0709. The van der Waals surface area contributed by atoms with Gasteiger partial charge in [-0.05, 0) is 30.5 Å². The highest BCUT2D eigenvalue weighted by Crippen LogP contribution is 2.36. The molecule has 0 saturated carbocycles. The van der Waals surface area contributed by atoms with Crippen molar-refractivity contribution in [2.24, 2.45) is 12.1 Å². The van der Waals surface area contributed by atoms with E-state index < -0.39 is 5.41 Å². The van der Waals surface area contributed by atoms with Gasteiger partial charge in [0.1, 0.15) is 0 Å². The number of amides is 2. The van der Waals surface area contributed by atoms with Crippen LogP contribution < -0.4 is 10.2 Å². The first-order chi connectivity index (χ1) is 14.0. The van der Waals surface area contributed by atoms with Gasteiger partial charge in [-0.2, -0.15) is 0 Å². The molecule has 1 aliphatic rings. The highest BCUT2D eigenvalue weighted by atomic mass is 32.1. The van der Waals surface area contributed by atoms with Gasteiger partial charge in [0.25, 0.3) is 5.91 Å². The molecule has 150 valence electrons. The number of aromatic nitrogens is 1. The molecule has 29 heavy (non-hydrogen) atoms. The zero-order chi connectivity index (χ0) is 20.4.